The molecule has 10 heteroatoms. The van der Waals surface area contributed by atoms with Crippen molar-refractivity contribution in [2.45, 2.75) is 33.1 Å². The van der Waals surface area contributed by atoms with E-state index in [1.54, 1.807) is 23.5 Å². The third kappa shape index (κ3) is 9.27. The third-order valence-electron chi connectivity index (χ3n) is 3.19. The first-order valence-corrected chi connectivity index (χ1v) is 8.89. The van der Waals surface area contributed by atoms with Crippen LogP contribution in [0.25, 0.3) is 0 Å². The highest BCUT2D eigenvalue weighted by atomic mass is 127. The summed E-state index contributed by atoms with van der Waals surface area (Å²) in [5, 5.41) is 7.39. The third-order valence-corrected chi connectivity index (χ3v) is 4.10. The minimum absolute atomic E-state index is 0. The van der Waals surface area contributed by atoms with Gasteiger partial charge in [0.1, 0.15) is 5.75 Å². The summed E-state index contributed by atoms with van der Waals surface area (Å²) in [5.41, 5.74) is 0.871. The predicted octanol–water partition coefficient (Wildman–Crippen LogP) is 4.27. The fourth-order valence-electron chi connectivity index (χ4n) is 2.03. The summed E-state index contributed by atoms with van der Waals surface area (Å²) in [6, 6.07) is 6.42. The molecule has 150 valence electrons. The van der Waals surface area contributed by atoms with Gasteiger partial charge in [-0.15, -0.1) is 35.3 Å². The molecule has 1 heterocycles. The Morgan fingerprint density at radius 3 is 2.48 bits per heavy atom. The van der Waals surface area contributed by atoms with Crippen LogP contribution in [0.4, 0.5) is 13.2 Å². The Kier molecular flexibility index (Phi) is 9.84. The quantitative estimate of drug-likeness (QED) is 0.330. The molecule has 0 aliphatic heterocycles. The summed E-state index contributed by atoms with van der Waals surface area (Å²) in [6.45, 7) is 4.38. The molecule has 0 saturated carbocycles. The normalized spacial score (nSPS) is 11.7. The van der Waals surface area contributed by atoms with Crippen LogP contribution in [-0.4, -0.2) is 30.3 Å². The number of benzene rings is 1. The summed E-state index contributed by atoms with van der Waals surface area (Å²) in [5.74, 6) is 0.844. The second kappa shape index (κ2) is 11.3. The molecule has 2 N–H and O–H groups in total. The summed E-state index contributed by atoms with van der Waals surface area (Å²) < 4.78 is 41.1. The van der Waals surface area contributed by atoms with Crippen molar-refractivity contribution in [2.75, 3.05) is 13.2 Å². The molecule has 0 atom stereocenters. The average Bonchev–Trinajstić information content (AvgIpc) is 3.01. The molecule has 0 bridgehead atoms. The molecule has 0 saturated heterocycles. The minimum Gasteiger partial charge on any atom is -0.484 e. The molecular formula is C17H22F3IN4OS. The lowest BCUT2D eigenvalue weighted by molar-refractivity contribution is -0.153. The number of nitrogens with one attached hydrogen (secondary N) is 2. The second-order valence-electron chi connectivity index (χ2n) is 5.44. The predicted molar refractivity (Wildman–Crippen MR) is 112 cm³/mol. The fourth-order valence-corrected chi connectivity index (χ4v) is 2.76. The van der Waals surface area contributed by atoms with E-state index in [1.807, 2.05) is 20.0 Å². The van der Waals surface area contributed by atoms with Crippen LogP contribution in [0.1, 0.15) is 22.4 Å². The molecule has 5 nitrogen and oxygen atoms in total. The SMILES string of the molecule is CCNC(=NCc1ccc(OCC(F)(F)F)cc1)NCc1cnc(C)s1.I. The maximum Gasteiger partial charge on any atom is 0.422 e. The number of aromatic nitrogens is 1. The number of ether oxygens (including phenoxy) is 1. The number of hydrogen-bond donors (Lipinski definition) is 2. The van der Waals surface area contributed by atoms with Gasteiger partial charge in [-0.1, -0.05) is 12.1 Å². The number of aliphatic imine (C=N–C) groups is 1. The number of guanidine groups is 1. The van der Waals surface area contributed by atoms with Crippen molar-refractivity contribution in [2.24, 2.45) is 4.99 Å². The number of aryl methyl sites for hydroxylation is 1. The van der Waals surface area contributed by atoms with Gasteiger partial charge in [0.25, 0.3) is 0 Å². The highest BCUT2D eigenvalue weighted by Gasteiger charge is 2.28. The van der Waals surface area contributed by atoms with Crippen molar-refractivity contribution in [3.63, 3.8) is 0 Å². The Morgan fingerprint density at radius 2 is 1.93 bits per heavy atom. The molecule has 2 rings (SSSR count). The van der Waals surface area contributed by atoms with E-state index in [-0.39, 0.29) is 29.7 Å². The summed E-state index contributed by atoms with van der Waals surface area (Å²) in [7, 11) is 0. The van der Waals surface area contributed by atoms with E-state index in [9.17, 15) is 13.2 Å². The number of thiazole rings is 1. The van der Waals surface area contributed by atoms with E-state index in [0.717, 1.165) is 22.0 Å². The average molecular weight is 514 g/mol. The Hall–Kier alpha value is -1.56. The molecule has 0 radical (unpaired) electrons. The number of hydrogen-bond acceptors (Lipinski definition) is 4. The van der Waals surface area contributed by atoms with Crippen molar-refractivity contribution in [1.29, 1.82) is 0 Å². The van der Waals surface area contributed by atoms with Crippen molar-refractivity contribution >= 4 is 41.3 Å². The highest BCUT2D eigenvalue weighted by molar-refractivity contribution is 14.0. The lowest BCUT2D eigenvalue weighted by atomic mass is 10.2. The van der Waals surface area contributed by atoms with Gasteiger partial charge in [0.15, 0.2) is 12.6 Å². The number of halogens is 4. The van der Waals surface area contributed by atoms with Crippen LogP contribution >= 0.6 is 35.3 Å². The number of rotatable bonds is 7. The van der Waals surface area contributed by atoms with E-state index in [1.165, 1.54) is 12.1 Å². The lowest BCUT2D eigenvalue weighted by Gasteiger charge is -2.11. The summed E-state index contributed by atoms with van der Waals surface area (Å²) >= 11 is 1.62. The zero-order valence-electron chi connectivity index (χ0n) is 15.0. The molecule has 1 aromatic heterocycles. The minimum atomic E-state index is -4.34. The van der Waals surface area contributed by atoms with Gasteiger partial charge >= 0.3 is 6.18 Å². The van der Waals surface area contributed by atoms with E-state index in [4.69, 9.17) is 0 Å². The fraction of sp³-hybridized carbons (Fsp3) is 0.412. The van der Waals surface area contributed by atoms with Crippen LogP contribution in [0.3, 0.4) is 0 Å². The topological polar surface area (TPSA) is 58.5 Å². The molecule has 0 spiro atoms. The number of alkyl halides is 3. The lowest BCUT2D eigenvalue weighted by Crippen LogP contribution is -2.36. The van der Waals surface area contributed by atoms with Crippen molar-refractivity contribution < 1.29 is 17.9 Å². The summed E-state index contributed by atoms with van der Waals surface area (Å²) in [4.78, 5) is 9.80. The van der Waals surface area contributed by atoms with Crippen LogP contribution in [0.5, 0.6) is 5.75 Å². The molecule has 2 aromatic rings. The summed E-state index contributed by atoms with van der Waals surface area (Å²) in [6.07, 6.45) is -2.51. The van der Waals surface area contributed by atoms with Crippen LogP contribution < -0.4 is 15.4 Å². The van der Waals surface area contributed by atoms with Crippen molar-refractivity contribution in [3.05, 3.63) is 45.9 Å². The molecular weight excluding hydrogens is 492 g/mol. The Labute approximate surface area is 177 Å². The van der Waals surface area contributed by atoms with Gasteiger partial charge in [0.05, 0.1) is 18.1 Å². The van der Waals surface area contributed by atoms with E-state index in [0.29, 0.717) is 19.0 Å². The smallest absolute Gasteiger partial charge is 0.422 e. The first-order valence-electron chi connectivity index (χ1n) is 8.07. The van der Waals surface area contributed by atoms with Gasteiger partial charge in [-0.25, -0.2) is 9.98 Å². The zero-order valence-corrected chi connectivity index (χ0v) is 18.1. The standard InChI is InChI=1S/C17H21F3N4OS.HI/c1-3-21-16(24-10-15-9-22-12(2)26-15)23-8-13-4-6-14(7-5-13)25-11-17(18,19)20;/h4-7,9H,3,8,10-11H2,1-2H3,(H2,21,23,24);1H. The van der Waals surface area contributed by atoms with Crippen LogP contribution in [0.2, 0.25) is 0 Å². The van der Waals surface area contributed by atoms with Gasteiger partial charge in [-0.3, -0.25) is 0 Å². The van der Waals surface area contributed by atoms with Gasteiger partial charge < -0.3 is 15.4 Å². The molecule has 0 fully saturated rings. The van der Waals surface area contributed by atoms with Gasteiger partial charge in [-0.2, -0.15) is 13.2 Å². The molecule has 1 aromatic carbocycles. The largest absolute Gasteiger partial charge is 0.484 e. The Bertz CT molecular complexity index is 720. The van der Waals surface area contributed by atoms with E-state index < -0.39 is 12.8 Å². The van der Waals surface area contributed by atoms with E-state index in [2.05, 4.69) is 25.3 Å². The Morgan fingerprint density at radius 1 is 1.22 bits per heavy atom. The highest BCUT2D eigenvalue weighted by Crippen LogP contribution is 2.19. The number of nitrogens with zero attached hydrogens (tertiary/aromatic N) is 2. The van der Waals surface area contributed by atoms with Gasteiger partial charge in [-0.05, 0) is 31.5 Å². The first kappa shape index (κ1) is 23.5. The zero-order chi connectivity index (χ0) is 19.0. The van der Waals surface area contributed by atoms with E-state index >= 15 is 0 Å². The van der Waals surface area contributed by atoms with Crippen LogP contribution in [-0.2, 0) is 13.1 Å². The Balaban J connectivity index is 0.00000364. The van der Waals surface area contributed by atoms with Crippen LogP contribution in [0.15, 0.2) is 35.5 Å². The molecule has 0 aliphatic rings. The maximum absolute atomic E-state index is 12.1. The van der Waals surface area contributed by atoms with Crippen LogP contribution in [0, 0.1) is 6.92 Å². The first-order chi connectivity index (χ1) is 12.4. The van der Waals surface area contributed by atoms with Crippen molar-refractivity contribution in [1.82, 2.24) is 15.6 Å². The van der Waals surface area contributed by atoms with Gasteiger partial charge in [0, 0.05) is 17.6 Å². The molecule has 0 amide bonds. The molecule has 0 aliphatic carbocycles. The van der Waals surface area contributed by atoms with Gasteiger partial charge in [0.2, 0.25) is 0 Å². The monoisotopic (exact) mass is 514 g/mol. The molecule has 0 unspecified atom stereocenters. The molecule has 27 heavy (non-hydrogen) atoms. The van der Waals surface area contributed by atoms with Crippen molar-refractivity contribution in [3.8, 4) is 5.75 Å². The maximum atomic E-state index is 12.1. The second-order valence-corrected chi connectivity index (χ2v) is 6.76.